The molecule has 3 heteroatoms. The normalized spacial score (nSPS) is 13.7. The average molecular weight is 231 g/mol. The average Bonchev–Trinajstić information content (AvgIpc) is 2.35. The van der Waals surface area contributed by atoms with E-state index in [0.29, 0.717) is 12.3 Å². The predicted octanol–water partition coefficient (Wildman–Crippen LogP) is 3.43. The van der Waals surface area contributed by atoms with Gasteiger partial charge in [0.05, 0.1) is 11.6 Å². The lowest BCUT2D eigenvalue weighted by atomic mass is 9.83. The molecule has 0 aromatic heterocycles. The lowest BCUT2D eigenvalue weighted by Gasteiger charge is -2.21. The first-order valence-corrected chi connectivity index (χ1v) is 5.80. The van der Waals surface area contributed by atoms with E-state index in [1.54, 1.807) is 18.2 Å². The Morgan fingerprint density at radius 1 is 1.53 bits per heavy atom. The Hall–Kier alpha value is -1.82. The van der Waals surface area contributed by atoms with E-state index in [0.717, 1.165) is 12.0 Å². The standard InChI is InChI=1S/C14H17NO2/c1-3-10(2)13(7-8-15)11-5-4-6-12(9-11)14(16)17/h4-6,9-10,13H,3,7H2,1-2H3,(H,16,17). The van der Waals surface area contributed by atoms with Crippen molar-refractivity contribution in [1.82, 2.24) is 0 Å². The molecule has 0 bridgehead atoms. The molecule has 0 amide bonds. The molecule has 1 N–H and O–H groups in total. The second-order valence-electron chi connectivity index (χ2n) is 4.28. The number of carbonyl (C=O) groups is 1. The summed E-state index contributed by atoms with van der Waals surface area (Å²) in [7, 11) is 0. The smallest absolute Gasteiger partial charge is 0.335 e. The van der Waals surface area contributed by atoms with Gasteiger partial charge >= 0.3 is 5.97 Å². The zero-order valence-electron chi connectivity index (χ0n) is 10.2. The van der Waals surface area contributed by atoms with Gasteiger partial charge in [-0.15, -0.1) is 0 Å². The van der Waals surface area contributed by atoms with Gasteiger partial charge in [-0.2, -0.15) is 5.26 Å². The molecule has 90 valence electrons. The van der Waals surface area contributed by atoms with E-state index in [9.17, 15) is 4.79 Å². The number of carboxylic acids is 1. The summed E-state index contributed by atoms with van der Waals surface area (Å²) in [6.07, 6.45) is 1.40. The quantitative estimate of drug-likeness (QED) is 0.844. The summed E-state index contributed by atoms with van der Waals surface area (Å²) in [6.45, 7) is 4.17. The zero-order valence-corrected chi connectivity index (χ0v) is 10.2. The van der Waals surface area contributed by atoms with Crippen LogP contribution in [0.5, 0.6) is 0 Å². The summed E-state index contributed by atoms with van der Waals surface area (Å²) >= 11 is 0. The van der Waals surface area contributed by atoms with Gasteiger partial charge in [-0.05, 0) is 29.5 Å². The van der Waals surface area contributed by atoms with Crippen molar-refractivity contribution < 1.29 is 9.90 Å². The summed E-state index contributed by atoms with van der Waals surface area (Å²) in [4.78, 5) is 10.9. The Morgan fingerprint density at radius 3 is 2.76 bits per heavy atom. The molecule has 2 unspecified atom stereocenters. The molecular formula is C14H17NO2. The number of benzene rings is 1. The van der Waals surface area contributed by atoms with Gasteiger partial charge in [0.25, 0.3) is 0 Å². The third-order valence-electron chi connectivity index (χ3n) is 3.20. The number of rotatable bonds is 5. The predicted molar refractivity (Wildman–Crippen MR) is 65.8 cm³/mol. The van der Waals surface area contributed by atoms with Gasteiger partial charge in [-0.25, -0.2) is 4.79 Å². The Morgan fingerprint density at radius 2 is 2.24 bits per heavy atom. The van der Waals surface area contributed by atoms with Crippen LogP contribution in [0.3, 0.4) is 0 Å². The molecule has 2 atom stereocenters. The van der Waals surface area contributed by atoms with Crippen LogP contribution in [0, 0.1) is 17.2 Å². The number of aromatic carboxylic acids is 1. The maximum atomic E-state index is 10.9. The van der Waals surface area contributed by atoms with Gasteiger partial charge < -0.3 is 5.11 Å². The number of hydrogen-bond donors (Lipinski definition) is 1. The fraction of sp³-hybridized carbons (Fsp3) is 0.429. The second kappa shape index (κ2) is 6.05. The molecule has 0 spiro atoms. The molecule has 0 aliphatic carbocycles. The van der Waals surface area contributed by atoms with Gasteiger partial charge in [0, 0.05) is 6.42 Å². The van der Waals surface area contributed by atoms with Crippen LogP contribution >= 0.6 is 0 Å². The Balaban J connectivity index is 3.06. The van der Waals surface area contributed by atoms with Crippen LogP contribution in [-0.2, 0) is 0 Å². The summed E-state index contributed by atoms with van der Waals surface area (Å²) in [5.41, 5.74) is 1.23. The highest BCUT2D eigenvalue weighted by atomic mass is 16.4. The molecule has 0 saturated heterocycles. The van der Waals surface area contributed by atoms with Crippen molar-refractivity contribution in [3.05, 3.63) is 35.4 Å². The van der Waals surface area contributed by atoms with Crippen LogP contribution in [0.25, 0.3) is 0 Å². The van der Waals surface area contributed by atoms with Crippen molar-refractivity contribution in [2.24, 2.45) is 5.92 Å². The highest BCUT2D eigenvalue weighted by molar-refractivity contribution is 5.87. The van der Waals surface area contributed by atoms with Crippen molar-refractivity contribution >= 4 is 5.97 Å². The molecule has 0 fully saturated rings. The maximum Gasteiger partial charge on any atom is 0.335 e. The third kappa shape index (κ3) is 3.32. The lowest BCUT2D eigenvalue weighted by molar-refractivity contribution is 0.0696. The number of carboxylic acid groups (broad SMARTS) is 1. The van der Waals surface area contributed by atoms with Crippen molar-refractivity contribution in [3.63, 3.8) is 0 Å². The molecule has 1 aromatic rings. The molecule has 1 rings (SSSR count). The number of nitrogens with zero attached hydrogens (tertiary/aromatic N) is 1. The Labute approximate surface area is 102 Å². The topological polar surface area (TPSA) is 61.1 Å². The van der Waals surface area contributed by atoms with Crippen LogP contribution in [0.15, 0.2) is 24.3 Å². The van der Waals surface area contributed by atoms with Crippen molar-refractivity contribution in [2.75, 3.05) is 0 Å². The second-order valence-corrected chi connectivity index (χ2v) is 4.28. The fourth-order valence-corrected chi connectivity index (χ4v) is 1.93. The Kier molecular flexibility index (Phi) is 4.71. The molecule has 0 heterocycles. The largest absolute Gasteiger partial charge is 0.478 e. The van der Waals surface area contributed by atoms with Crippen molar-refractivity contribution in [2.45, 2.75) is 32.6 Å². The van der Waals surface area contributed by atoms with E-state index < -0.39 is 5.97 Å². The molecule has 0 aliphatic rings. The van der Waals surface area contributed by atoms with Crippen LogP contribution in [0.4, 0.5) is 0 Å². The fourth-order valence-electron chi connectivity index (χ4n) is 1.93. The first kappa shape index (κ1) is 13.2. The highest BCUT2D eigenvalue weighted by Gasteiger charge is 2.18. The van der Waals surface area contributed by atoms with E-state index in [2.05, 4.69) is 19.9 Å². The van der Waals surface area contributed by atoms with E-state index in [1.165, 1.54) is 0 Å². The molecule has 0 radical (unpaired) electrons. The maximum absolute atomic E-state index is 10.9. The monoisotopic (exact) mass is 231 g/mol. The van der Waals surface area contributed by atoms with Gasteiger partial charge in [0.2, 0.25) is 0 Å². The first-order valence-electron chi connectivity index (χ1n) is 5.80. The van der Waals surface area contributed by atoms with Crippen molar-refractivity contribution in [3.8, 4) is 6.07 Å². The van der Waals surface area contributed by atoms with Gasteiger partial charge in [-0.1, -0.05) is 32.4 Å². The number of hydrogen-bond acceptors (Lipinski definition) is 2. The minimum atomic E-state index is -0.924. The highest BCUT2D eigenvalue weighted by Crippen LogP contribution is 2.30. The molecular weight excluding hydrogens is 214 g/mol. The Bertz CT molecular complexity index is 434. The van der Waals surface area contributed by atoms with Gasteiger partial charge in [0.1, 0.15) is 0 Å². The van der Waals surface area contributed by atoms with E-state index in [4.69, 9.17) is 10.4 Å². The molecule has 0 aliphatic heterocycles. The van der Waals surface area contributed by atoms with Crippen LogP contribution < -0.4 is 0 Å². The summed E-state index contributed by atoms with van der Waals surface area (Å²) in [6, 6.07) is 9.08. The van der Waals surface area contributed by atoms with Crippen LogP contribution in [0.1, 0.15) is 48.5 Å². The lowest BCUT2D eigenvalue weighted by Crippen LogP contribution is -2.09. The third-order valence-corrected chi connectivity index (χ3v) is 3.20. The zero-order chi connectivity index (χ0) is 12.8. The SMILES string of the molecule is CCC(C)C(CC#N)c1cccc(C(=O)O)c1. The minimum absolute atomic E-state index is 0.115. The summed E-state index contributed by atoms with van der Waals surface area (Å²) in [5.74, 6) is -0.435. The molecule has 0 saturated carbocycles. The van der Waals surface area contributed by atoms with Crippen LogP contribution in [0.2, 0.25) is 0 Å². The van der Waals surface area contributed by atoms with E-state index in [-0.39, 0.29) is 11.5 Å². The molecule has 1 aromatic carbocycles. The summed E-state index contributed by atoms with van der Waals surface area (Å²) in [5, 5.41) is 17.8. The molecule has 3 nitrogen and oxygen atoms in total. The summed E-state index contributed by atoms with van der Waals surface area (Å²) < 4.78 is 0. The number of nitriles is 1. The van der Waals surface area contributed by atoms with Crippen LogP contribution in [-0.4, -0.2) is 11.1 Å². The van der Waals surface area contributed by atoms with Gasteiger partial charge in [0.15, 0.2) is 0 Å². The van der Waals surface area contributed by atoms with E-state index in [1.807, 2.05) is 6.07 Å². The minimum Gasteiger partial charge on any atom is -0.478 e. The first-order chi connectivity index (χ1) is 8.10. The van der Waals surface area contributed by atoms with Gasteiger partial charge in [-0.3, -0.25) is 0 Å². The van der Waals surface area contributed by atoms with Crippen molar-refractivity contribution in [1.29, 1.82) is 5.26 Å². The molecule has 17 heavy (non-hydrogen) atoms. The van der Waals surface area contributed by atoms with E-state index >= 15 is 0 Å².